The largest absolute Gasteiger partial charge is 0.478 e. The Morgan fingerprint density at radius 1 is 1.07 bits per heavy atom. The number of hydrogen-bond acceptors (Lipinski definition) is 4. The third-order valence-corrected chi connectivity index (χ3v) is 9.33. The number of piperidine rings is 1. The van der Waals surface area contributed by atoms with Gasteiger partial charge in [0.25, 0.3) is 5.91 Å². The number of carboxylic acids is 1. The maximum atomic E-state index is 13.7. The highest BCUT2D eigenvalue weighted by Crippen LogP contribution is 2.55. The fourth-order valence-corrected chi connectivity index (χ4v) is 7.05. The molecule has 1 saturated carbocycles. The lowest BCUT2D eigenvalue weighted by molar-refractivity contribution is 0.0599. The molecule has 0 spiro atoms. The molecule has 1 amide bonds. The Morgan fingerprint density at radius 3 is 2.66 bits per heavy atom. The molecule has 1 N–H and O–H groups in total. The standard InChI is InChI=1S/C32H34BrN5O3/c1-3-8-21-10-4-5-15-38(21)31(39)24-13-7-12-23(29(24)33)20-9-6-11-22(17-20)37-16-14-25(32(40)41)30(37)27-18-26(27)28-19-36(2)35-34-28/h6-7,9,11-14,16-17,19,21,26-27H,3-5,8,10,15,18H2,1-2H3,(H,40,41). The van der Waals surface area contributed by atoms with Crippen LogP contribution in [0.15, 0.2) is 65.4 Å². The molecule has 2 fully saturated rings. The first kappa shape index (κ1) is 27.4. The van der Waals surface area contributed by atoms with Crippen LogP contribution in [-0.2, 0) is 7.05 Å². The third-order valence-electron chi connectivity index (χ3n) is 8.47. The van der Waals surface area contributed by atoms with Gasteiger partial charge in [-0.1, -0.05) is 42.8 Å². The van der Waals surface area contributed by atoms with Crippen LogP contribution in [0.5, 0.6) is 0 Å². The Morgan fingerprint density at radius 2 is 1.90 bits per heavy atom. The number of nitrogens with zero attached hydrogens (tertiary/aromatic N) is 5. The van der Waals surface area contributed by atoms with Crippen molar-refractivity contribution in [1.82, 2.24) is 24.5 Å². The van der Waals surface area contributed by atoms with Gasteiger partial charge in [0.2, 0.25) is 0 Å². The van der Waals surface area contributed by atoms with E-state index < -0.39 is 5.97 Å². The fourth-order valence-electron chi connectivity index (χ4n) is 6.39. The van der Waals surface area contributed by atoms with Crippen molar-refractivity contribution in [3.63, 3.8) is 0 Å². The summed E-state index contributed by atoms with van der Waals surface area (Å²) in [4.78, 5) is 28.0. The zero-order valence-electron chi connectivity index (χ0n) is 23.3. The number of amides is 1. The normalized spacial score (nSPS) is 20.3. The Balaban J connectivity index is 1.34. The van der Waals surface area contributed by atoms with Gasteiger partial charge >= 0.3 is 5.97 Å². The molecular weight excluding hydrogens is 582 g/mol. The summed E-state index contributed by atoms with van der Waals surface area (Å²) in [6.07, 6.45) is 9.94. The van der Waals surface area contributed by atoms with Crippen LogP contribution in [0.3, 0.4) is 0 Å². The molecule has 0 bridgehead atoms. The molecule has 0 radical (unpaired) electrons. The minimum Gasteiger partial charge on any atom is -0.478 e. The van der Waals surface area contributed by atoms with Gasteiger partial charge in [-0.15, -0.1) is 5.10 Å². The van der Waals surface area contributed by atoms with E-state index >= 15 is 0 Å². The van der Waals surface area contributed by atoms with E-state index in [1.807, 2.05) is 60.4 Å². The first-order valence-electron chi connectivity index (χ1n) is 14.4. The lowest BCUT2D eigenvalue weighted by Crippen LogP contribution is -2.43. The summed E-state index contributed by atoms with van der Waals surface area (Å²) in [7, 11) is 1.83. The molecule has 1 aliphatic carbocycles. The van der Waals surface area contributed by atoms with Crippen molar-refractivity contribution in [3.05, 3.63) is 87.9 Å². The molecule has 3 atom stereocenters. The van der Waals surface area contributed by atoms with Crippen molar-refractivity contribution in [2.75, 3.05) is 6.54 Å². The van der Waals surface area contributed by atoms with Crippen molar-refractivity contribution in [2.45, 2.75) is 63.3 Å². The van der Waals surface area contributed by atoms with Gasteiger partial charge in [0.15, 0.2) is 0 Å². The molecule has 41 heavy (non-hydrogen) atoms. The number of carbonyl (C=O) groups is 2. The number of halogens is 1. The number of carboxylic acid groups (broad SMARTS) is 1. The maximum absolute atomic E-state index is 13.7. The summed E-state index contributed by atoms with van der Waals surface area (Å²) < 4.78 is 4.45. The van der Waals surface area contributed by atoms with Crippen LogP contribution < -0.4 is 0 Å². The molecular formula is C32H34BrN5O3. The molecule has 1 saturated heterocycles. The van der Waals surface area contributed by atoms with Gasteiger partial charge in [-0.25, -0.2) is 4.79 Å². The van der Waals surface area contributed by atoms with Gasteiger partial charge in [0.1, 0.15) is 0 Å². The molecule has 8 nitrogen and oxygen atoms in total. The van der Waals surface area contributed by atoms with Crippen molar-refractivity contribution in [1.29, 1.82) is 0 Å². The number of aryl methyl sites for hydroxylation is 1. The van der Waals surface area contributed by atoms with Crippen LogP contribution in [0.4, 0.5) is 0 Å². The zero-order chi connectivity index (χ0) is 28.7. The summed E-state index contributed by atoms with van der Waals surface area (Å²) in [5.74, 6) is -0.671. The summed E-state index contributed by atoms with van der Waals surface area (Å²) in [5.41, 5.74) is 5.40. The number of carbonyl (C=O) groups excluding carboxylic acids is 1. The maximum Gasteiger partial charge on any atom is 0.337 e. The molecule has 1 aliphatic heterocycles. The van der Waals surface area contributed by atoms with Crippen LogP contribution in [0.2, 0.25) is 0 Å². The number of hydrogen-bond donors (Lipinski definition) is 1. The third kappa shape index (κ3) is 5.23. The highest BCUT2D eigenvalue weighted by Gasteiger charge is 2.45. The average Bonchev–Trinajstić information content (AvgIpc) is 3.42. The van der Waals surface area contributed by atoms with E-state index in [-0.39, 0.29) is 17.7 Å². The van der Waals surface area contributed by atoms with Gasteiger partial charge < -0.3 is 14.6 Å². The van der Waals surface area contributed by atoms with Crippen LogP contribution in [0.25, 0.3) is 16.8 Å². The van der Waals surface area contributed by atoms with E-state index in [0.29, 0.717) is 17.2 Å². The summed E-state index contributed by atoms with van der Waals surface area (Å²) in [5, 5.41) is 18.3. The first-order valence-corrected chi connectivity index (χ1v) is 15.2. The Bertz CT molecular complexity index is 1610. The molecule has 2 aromatic heterocycles. The van der Waals surface area contributed by atoms with Crippen LogP contribution in [0.1, 0.15) is 89.4 Å². The van der Waals surface area contributed by atoms with E-state index in [0.717, 1.165) is 71.3 Å². The summed E-state index contributed by atoms with van der Waals surface area (Å²) >= 11 is 3.78. The molecule has 2 aliphatic rings. The van der Waals surface area contributed by atoms with Crippen LogP contribution in [-0.4, -0.2) is 54.0 Å². The summed E-state index contributed by atoms with van der Waals surface area (Å²) in [6, 6.07) is 15.9. The van der Waals surface area contributed by atoms with Crippen LogP contribution >= 0.6 is 15.9 Å². The van der Waals surface area contributed by atoms with E-state index in [2.05, 4.69) is 44.1 Å². The quantitative estimate of drug-likeness (QED) is 0.235. The predicted octanol–water partition coefficient (Wildman–Crippen LogP) is 6.80. The van der Waals surface area contributed by atoms with Gasteiger partial charge in [0.05, 0.1) is 16.8 Å². The fraction of sp³-hybridized carbons (Fsp3) is 0.375. The SMILES string of the molecule is CCCC1CCCCN1C(=O)c1cccc(-c2cccc(-n3ccc(C(=O)O)c3C3CC3c3cn(C)nn3)c2)c1Br. The van der Waals surface area contributed by atoms with Gasteiger partial charge in [-0.05, 0) is 83.4 Å². The Hall–Kier alpha value is -3.72. The van der Waals surface area contributed by atoms with Gasteiger partial charge in [-0.3, -0.25) is 9.48 Å². The van der Waals surface area contributed by atoms with E-state index in [1.165, 1.54) is 6.42 Å². The minimum atomic E-state index is -0.937. The molecule has 9 heteroatoms. The van der Waals surface area contributed by atoms with Crippen molar-refractivity contribution in [3.8, 4) is 16.8 Å². The van der Waals surface area contributed by atoms with E-state index in [9.17, 15) is 14.7 Å². The number of aromatic carboxylic acids is 1. The second-order valence-corrected chi connectivity index (χ2v) is 12.0. The summed E-state index contributed by atoms with van der Waals surface area (Å²) in [6.45, 7) is 2.98. The molecule has 212 valence electrons. The smallest absolute Gasteiger partial charge is 0.337 e. The predicted molar refractivity (Wildman–Crippen MR) is 161 cm³/mol. The number of rotatable bonds is 8. The highest BCUT2D eigenvalue weighted by molar-refractivity contribution is 9.10. The molecule has 6 rings (SSSR count). The number of likely N-dealkylation sites (tertiary alicyclic amines) is 1. The Kier molecular flexibility index (Phi) is 7.55. The van der Waals surface area contributed by atoms with Crippen LogP contribution in [0, 0.1) is 0 Å². The first-order chi connectivity index (χ1) is 19.9. The minimum absolute atomic E-state index is 0.0461. The van der Waals surface area contributed by atoms with Gasteiger partial charge in [0, 0.05) is 59.7 Å². The second-order valence-electron chi connectivity index (χ2n) is 11.2. The average molecular weight is 617 g/mol. The van der Waals surface area contributed by atoms with E-state index in [1.54, 1.807) is 10.7 Å². The van der Waals surface area contributed by atoms with Crippen molar-refractivity contribution < 1.29 is 14.7 Å². The lowest BCUT2D eigenvalue weighted by Gasteiger charge is -2.36. The monoisotopic (exact) mass is 615 g/mol. The van der Waals surface area contributed by atoms with Gasteiger partial charge in [-0.2, -0.15) is 0 Å². The molecule has 2 aromatic carbocycles. The number of aromatic nitrogens is 4. The Labute approximate surface area is 248 Å². The second kappa shape index (κ2) is 11.3. The zero-order valence-corrected chi connectivity index (χ0v) is 24.9. The van der Waals surface area contributed by atoms with Crippen molar-refractivity contribution in [2.24, 2.45) is 7.05 Å². The van der Waals surface area contributed by atoms with Crippen molar-refractivity contribution >= 4 is 27.8 Å². The molecule has 4 aromatic rings. The molecule has 3 unspecified atom stereocenters. The topological polar surface area (TPSA) is 93.2 Å². The number of benzene rings is 2. The molecule has 3 heterocycles. The lowest BCUT2D eigenvalue weighted by atomic mass is 9.96. The van der Waals surface area contributed by atoms with E-state index in [4.69, 9.17) is 0 Å². The highest BCUT2D eigenvalue weighted by atomic mass is 79.9.